The van der Waals surface area contributed by atoms with Crippen LogP contribution in [0.1, 0.15) is 5.56 Å². The fourth-order valence-electron chi connectivity index (χ4n) is 1.35. The third-order valence-corrected chi connectivity index (χ3v) is 2.18. The average Bonchev–Trinajstić information content (AvgIpc) is 2.42. The van der Waals surface area contributed by atoms with Gasteiger partial charge in [-0.15, -0.1) is 0 Å². The number of hydrazone groups is 1. The van der Waals surface area contributed by atoms with E-state index in [9.17, 15) is 4.79 Å². The second-order valence-corrected chi connectivity index (χ2v) is 5.29. The molecule has 0 aliphatic heterocycles. The van der Waals surface area contributed by atoms with Crippen molar-refractivity contribution in [2.45, 2.75) is 0 Å². The van der Waals surface area contributed by atoms with E-state index in [1.165, 1.54) is 12.5 Å². The predicted molar refractivity (Wildman–Crippen MR) is 81.7 cm³/mol. The van der Waals surface area contributed by atoms with Gasteiger partial charge in [-0.1, -0.05) is 12.1 Å². The minimum absolute atomic E-state index is 0.0337. The minimum atomic E-state index is -0.152. The molecular weight excluding hydrogens is 373 g/mol. The molecule has 0 spiro atoms. The molecule has 20 heavy (non-hydrogen) atoms. The normalized spacial score (nSPS) is 10.3. The van der Waals surface area contributed by atoms with Gasteiger partial charge >= 0.3 is 33.3 Å². The Kier molecular flexibility index (Phi) is 7.57. The molecule has 0 radical (unpaired) electrons. The van der Waals surface area contributed by atoms with E-state index in [1.807, 2.05) is 0 Å². The summed E-state index contributed by atoms with van der Waals surface area (Å²) in [5.41, 5.74) is 8.27. The van der Waals surface area contributed by atoms with Crippen LogP contribution in [-0.2, 0) is 13.1 Å². The third kappa shape index (κ3) is 5.11. The molecule has 2 aromatic rings. The zero-order valence-electron chi connectivity index (χ0n) is 9.77. The molecule has 3 N–H and O–H groups in total. The quantitative estimate of drug-likeness (QED) is 0.361. The predicted octanol–water partition coefficient (Wildman–Crippen LogP) is 2.34. The van der Waals surface area contributed by atoms with E-state index in [1.54, 1.807) is 24.3 Å². The molecule has 5 nitrogen and oxygen atoms in total. The van der Waals surface area contributed by atoms with Crippen molar-refractivity contribution >= 4 is 54.7 Å². The van der Waals surface area contributed by atoms with Crippen molar-refractivity contribution in [1.29, 1.82) is 0 Å². The number of hydrogen-bond acceptors (Lipinski definition) is 4. The van der Waals surface area contributed by atoms with Gasteiger partial charge < -0.3 is 10.2 Å². The number of rotatable bonds is 2. The van der Waals surface area contributed by atoms with Gasteiger partial charge in [0.2, 0.25) is 5.43 Å². The van der Waals surface area contributed by atoms with Crippen LogP contribution in [-0.4, -0.2) is 11.3 Å². The van der Waals surface area contributed by atoms with E-state index in [4.69, 9.17) is 10.2 Å². The van der Waals surface area contributed by atoms with E-state index in [0.717, 1.165) is 13.1 Å². The molecule has 0 aliphatic carbocycles. The summed E-state index contributed by atoms with van der Waals surface area (Å²) in [4.78, 5) is 12.0. The SMILES string of the molecule is NC(=S)N/N=C\c1coc2ccccc2c1=O.[Cl][Cu][Cl]. The number of nitrogens with zero attached hydrogens (tertiary/aromatic N) is 1. The van der Waals surface area contributed by atoms with Gasteiger partial charge in [0, 0.05) is 0 Å². The van der Waals surface area contributed by atoms with Crippen molar-refractivity contribution in [3.8, 4) is 0 Å². The van der Waals surface area contributed by atoms with Crippen LogP contribution >= 0.6 is 32.4 Å². The van der Waals surface area contributed by atoms with Gasteiger partial charge in [0.25, 0.3) is 0 Å². The van der Waals surface area contributed by atoms with Crippen LogP contribution in [0.15, 0.2) is 44.8 Å². The van der Waals surface area contributed by atoms with Crippen LogP contribution in [0.5, 0.6) is 0 Å². The molecular formula is C11H9Cl2CuN3O2S. The van der Waals surface area contributed by atoms with E-state index >= 15 is 0 Å². The summed E-state index contributed by atoms with van der Waals surface area (Å²) in [6.45, 7) is 0. The number of nitrogens with two attached hydrogens (primary N) is 1. The molecule has 1 aromatic heterocycles. The average molecular weight is 382 g/mol. The number of fused-ring (bicyclic) bond motifs is 1. The molecule has 0 unspecified atom stereocenters. The Morgan fingerprint density at radius 2 is 2.10 bits per heavy atom. The van der Waals surface area contributed by atoms with Gasteiger partial charge in [0.15, 0.2) is 5.11 Å². The van der Waals surface area contributed by atoms with E-state index in [-0.39, 0.29) is 10.5 Å². The topological polar surface area (TPSA) is 80.6 Å². The Hall–Kier alpha value is -1.11. The van der Waals surface area contributed by atoms with Crippen LogP contribution in [0.4, 0.5) is 0 Å². The van der Waals surface area contributed by atoms with Crippen LogP contribution < -0.4 is 16.6 Å². The van der Waals surface area contributed by atoms with Crippen molar-refractivity contribution < 1.29 is 17.6 Å². The maximum atomic E-state index is 12.0. The van der Waals surface area contributed by atoms with Crippen LogP contribution in [0.3, 0.4) is 0 Å². The van der Waals surface area contributed by atoms with Crippen molar-refractivity contribution in [3.63, 3.8) is 0 Å². The Labute approximate surface area is 134 Å². The summed E-state index contributed by atoms with van der Waals surface area (Å²) in [5.74, 6) is 0. The molecule has 0 atom stereocenters. The van der Waals surface area contributed by atoms with Crippen molar-refractivity contribution in [2.75, 3.05) is 0 Å². The zero-order valence-corrected chi connectivity index (χ0v) is 13.0. The second kappa shape index (κ2) is 8.94. The Morgan fingerprint density at radius 3 is 2.75 bits per heavy atom. The Bertz CT molecular complexity index is 678. The number of benzene rings is 1. The first-order valence-corrected chi connectivity index (χ1v) is 8.00. The monoisotopic (exact) mass is 380 g/mol. The molecule has 2 rings (SSSR count). The molecule has 1 aromatic carbocycles. The summed E-state index contributed by atoms with van der Waals surface area (Å²) < 4.78 is 5.30. The van der Waals surface area contributed by atoms with Crippen molar-refractivity contribution in [3.05, 3.63) is 46.3 Å². The second-order valence-electron chi connectivity index (χ2n) is 3.29. The standard InChI is InChI=1S/C11H9N3O2S.2ClH.Cu/c12-11(17)14-13-5-7-6-16-9-4-2-1-3-8(9)10(7)15;;;/h1-6H,(H3,12,14,17);2*1H;/q;;;+2/p-2/b13-5-;;;. The van der Waals surface area contributed by atoms with Crippen LogP contribution in [0.2, 0.25) is 0 Å². The molecule has 9 heteroatoms. The molecule has 1 heterocycles. The summed E-state index contributed by atoms with van der Waals surface area (Å²) in [7, 11) is 9.34. The molecule has 0 saturated carbocycles. The van der Waals surface area contributed by atoms with Crippen molar-refractivity contribution in [2.24, 2.45) is 10.8 Å². The molecule has 0 aliphatic rings. The number of para-hydroxylation sites is 1. The van der Waals surface area contributed by atoms with Gasteiger partial charge in [-0.05, 0) is 24.4 Å². The first-order chi connectivity index (χ1) is 9.60. The molecule has 0 amide bonds. The first kappa shape index (κ1) is 16.9. The Morgan fingerprint density at radius 1 is 1.45 bits per heavy atom. The summed E-state index contributed by atoms with van der Waals surface area (Å²) in [5, 5.41) is 4.25. The number of halogens is 2. The van der Waals surface area contributed by atoms with E-state index < -0.39 is 0 Å². The van der Waals surface area contributed by atoms with Crippen LogP contribution in [0, 0.1) is 0 Å². The molecule has 0 bridgehead atoms. The number of hydrogen-bond donors (Lipinski definition) is 2. The summed E-state index contributed by atoms with van der Waals surface area (Å²) in [6, 6.07) is 6.99. The van der Waals surface area contributed by atoms with Gasteiger partial charge in [0.1, 0.15) is 11.8 Å². The van der Waals surface area contributed by atoms with E-state index in [2.05, 4.69) is 42.9 Å². The fraction of sp³-hybridized carbons (Fsp3) is 0. The maximum absolute atomic E-state index is 12.0. The van der Waals surface area contributed by atoms with Gasteiger partial charge in [-0.3, -0.25) is 10.2 Å². The molecule has 0 saturated heterocycles. The van der Waals surface area contributed by atoms with Gasteiger partial charge in [-0.25, -0.2) is 0 Å². The van der Waals surface area contributed by atoms with Gasteiger partial charge in [0.05, 0.1) is 17.2 Å². The number of thiocarbonyl (C=S) groups is 1. The zero-order chi connectivity index (χ0) is 15.0. The van der Waals surface area contributed by atoms with E-state index in [0.29, 0.717) is 16.5 Å². The Balaban J connectivity index is 0.000000612. The van der Waals surface area contributed by atoms with Crippen molar-refractivity contribution in [1.82, 2.24) is 5.43 Å². The summed E-state index contributed by atoms with van der Waals surface area (Å²) in [6.07, 6.45) is 2.66. The molecule has 0 fully saturated rings. The van der Waals surface area contributed by atoms with Gasteiger partial charge in [-0.2, -0.15) is 5.10 Å². The molecule has 111 valence electrons. The number of nitrogens with one attached hydrogen (secondary N) is 1. The summed E-state index contributed by atoms with van der Waals surface area (Å²) >= 11 is 5.33. The van der Waals surface area contributed by atoms with Crippen LogP contribution in [0.25, 0.3) is 11.0 Å². The third-order valence-electron chi connectivity index (χ3n) is 2.09. The fourth-order valence-corrected chi connectivity index (χ4v) is 1.40. The first-order valence-electron chi connectivity index (χ1n) is 5.00.